The van der Waals surface area contributed by atoms with E-state index in [4.69, 9.17) is 11.6 Å². The van der Waals surface area contributed by atoms with E-state index in [1.165, 1.54) is 12.1 Å². The molecule has 7 heteroatoms. The van der Waals surface area contributed by atoms with Crippen LogP contribution in [-0.2, 0) is 0 Å². The van der Waals surface area contributed by atoms with Crippen LogP contribution in [0, 0.1) is 0 Å². The SMILES string of the molecule is FC(F)(F)COc1cc(SS)ccc1Cl. The van der Waals surface area contributed by atoms with E-state index in [9.17, 15) is 13.2 Å². The maximum Gasteiger partial charge on any atom is 0.422 e. The van der Waals surface area contributed by atoms with E-state index in [1.54, 1.807) is 6.07 Å². The number of ether oxygens (including phenoxy) is 1. The Bertz CT molecular complexity index is 343. The van der Waals surface area contributed by atoms with E-state index in [0.29, 0.717) is 4.90 Å². The summed E-state index contributed by atoms with van der Waals surface area (Å²) in [7, 11) is 1.10. The van der Waals surface area contributed by atoms with Crippen LogP contribution in [0.5, 0.6) is 5.75 Å². The van der Waals surface area contributed by atoms with Crippen LogP contribution in [0.1, 0.15) is 0 Å². The van der Waals surface area contributed by atoms with Crippen LogP contribution >= 0.6 is 34.1 Å². The Morgan fingerprint density at radius 3 is 2.60 bits per heavy atom. The molecule has 0 aliphatic heterocycles. The average Bonchev–Trinajstić information content (AvgIpc) is 2.15. The molecule has 1 rings (SSSR count). The van der Waals surface area contributed by atoms with Crippen LogP contribution in [0.2, 0.25) is 5.02 Å². The van der Waals surface area contributed by atoms with Crippen molar-refractivity contribution in [2.45, 2.75) is 11.1 Å². The highest BCUT2D eigenvalue weighted by Crippen LogP contribution is 2.32. The maximum absolute atomic E-state index is 11.9. The molecule has 0 bridgehead atoms. The van der Waals surface area contributed by atoms with E-state index < -0.39 is 12.8 Å². The first-order valence-corrected chi connectivity index (χ1v) is 5.97. The molecule has 84 valence electrons. The Hall–Kier alpha value is -0.200. The lowest BCUT2D eigenvalue weighted by Crippen LogP contribution is -2.19. The summed E-state index contributed by atoms with van der Waals surface area (Å²) in [5.41, 5.74) is 0. The van der Waals surface area contributed by atoms with Gasteiger partial charge in [0.05, 0.1) is 5.02 Å². The monoisotopic (exact) mass is 274 g/mol. The van der Waals surface area contributed by atoms with Gasteiger partial charge in [0.1, 0.15) is 5.75 Å². The Morgan fingerprint density at radius 1 is 1.40 bits per heavy atom. The second-order valence-electron chi connectivity index (χ2n) is 2.59. The minimum Gasteiger partial charge on any atom is -0.483 e. The zero-order valence-electron chi connectivity index (χ0n) is 7.21. The molecule has 1 nitrogen and oxygen atoms in total. The van der Waals surface area contributed by atoms with E-state index >= 15 is 0 Å². The van der Waals surface area contributed by atoms with Crippen LogP contribution in [0.3, 0.4) is 0 Å². The Balaban J connectivity index is 2.75. The third-order valence-corrected chi connectivity index (χ3v) is 2.81. The molecule has 0 aliphatic carbocycles. The second kappa shape index (κ2) is 5.23. The van der Waals surface area contributed by atoms with Gasteiger partial charge in [-0.15, -0.1) is 11.7 Å². The van der Waals surface area contributed by atoms with Gasteiger partial charge in [-0.25, -0.2) is 0 Å². The van der Waals surface area contributed by atoms with Gasteiger partial charge in [0.2, 0.25) is 0 Å². The molecular weight excluding hydrogens is 269 g/mol. The number of thiol groups is 1. The van der Waals surface area contributed by atoms with Crippen LogP contribution in [-0.4, -0.2) is 12.8 Å². The number of halogens is 4. The van der Waals surface area contributed by atoms with Crippen molar-refractivity contribution in [3.8, 4) is 5.75 Å². The van der Waals surface area contributed by atoms with Crippen molar-refractivity contribution in [2.75, 3.05) is 6.61 Å². The molecule has 0 saturated carbocycles. The predicted molar refractivity (Wildman–Crippen MR) is 57.8 cm³/mol. The van der Waals surface area contributed by atoms with Crippen molar-refractivity contribution in [3.05, 3.63) is 23.2 Å². The first-order chi connectivity index (χ1) is 6.92. The largest absolute Gasteiger partial charge is 0.483 e. The van der Waals surface area contributed by atoms with Gasteiger partial charge in [0.25, 0.3) is 0 Å². The fraction of sp³-hybridized carbons (Fsp3) is 0.250. The van der Waals surface area contributed by atoms with Crippen molar-refractivity contribution in [1.29, 1.82) is 0 Å². The van der Waals surface area contributed by atoms with Crippen molar-refractivity contribution in [3.63, 3.8) is 0 Å². The molecule has 0 aliphatic rings. The van der Waals surface area contributed by atoms with Crippen LogP contribution in [0.4, 0.5) is 13.2 Å². The summed E-state index contributed by atoms with van der Waals surface area (Å²) < 4.78 is 40.1. The van der Waals surface area contributed by atoms with Gasteiger partial charge in [-0.1, -0.05) is 22.4 Å². The zero-order valence-corrected chi connectivity index (χ0v) is 9.68. The van der Waals surface area contributed by atoms with Gasteiger partial charge in [-0.2, -0.15) is 13.2 Å². The molecule has 0 N–H and O–H groups in total. The molecule has 0 atom stereocenters. The third kappa shape index (κ3) is 4.44. The lowest BCUT2D eigenvalue weighted by atomic mass is 10.3. The molecule has 0 fully saturated rings. The quantitative estimate of drug-likeness (QED) is 0.653. The smallest absolute Gasteiger partial charge is 0.422 e. The number of alkyl halides is 3. The van der Waals surface area contributed by atoms with Gasteiger partial charge in [-0.05, 0) is 18.2 Å². The molecule has 0 spiro atoms. The normalized spacial score (nSPS) is 11.5. The molecular formula is C8H6ClF3OS2. The molecule has 0 saturated heterocycles. The van der Waals surface area contributed by atoms with E-state index in [2.05, 4.69) is 16.4 Å². The summed E-state index contributed by atoms with van der Waals surface area (Å²) in [6.45, 7) is -1.35. The van der Waals surface area contributed by atoms with Gasteiger partial charge >= 0.3 is 6.18 Å². The summed E-state index contributed by atoms with van der Waals surface area (Å²) in [4.78, 5) is 0.667. The second-order valence-corrected chi connectivity index (χ2v) is 4.20. The Labute approximate surface area is 98.8 Å². The number of benzene rings is 1. The number of rotatable bonds is 3. The Morgan fingerprint density at radius 2 is 2.07 bits per heavy atom. The minimum atomic E-state index is -4.37. The molecule has 0 aromatic heterocycles. The van der Waals surface area contributed by atoms with E-state index in [1.807, 2.05) is 0 Å². The van der Waals surface area contributed by atoms with Gasteiger partial charge in [0.15, 0.2) is 6.61 Å². The lowest BCUT2D eigenvalue weighted by molar-refractivity contribution is -0.153. The first kappa shape index (κ1) is 12.9. The summed E-state index contributed by atoms with van der Waals surface area (Å²) in [5, 5.41) is 0.144. The maximum atomic E-state index is 11.9. The Kier molecular flexibility index (Phi) is 4.48. The van der Waals surface area contributed by atoms with Crippen LogP contribution < -0.4 is 4.74 Å². The minimum absolute atomic E-state index is 0.00745. The molecule has 0 heterocycles. The van der Waals surface area contributed by atoms with Crippen molar-refractivity contribution >= 4 is 34.1 Å². The van der Waals surface area contributed by atoms with Gasteiger partial charge in [0, 0.05) is 4.90 Å². The summed E-state index contributed by atoms with van der Waals surface area (Å²) in [5.74, 6) is 0.00745. The lowest BCUT2D eigenvalue weighted by Gasteiger charge is -2.10. The van der Waals surface area contributed by atoms with Gasteiger partial charge in [-0.3, -0.25) is 0 Å². The van der Waals surface area contributed by atoms with Crippen molar-refractivity contribution < 1.29 is 17.9 Å². The summed E-state index contributed by atoms with van der Waals surface area (Å²) in [6.07, 6.45) is -4.37. The average molecular weight is 275 g/mol. The molecule has 1 aromatic rings. The van der Waals surface area contributed by atoms with Crippen molar-refractivity contribution in [2.24, 2.45) is 0 Å². The highest BCUT2D eigenvalue weighted by molar-refractivity contribution is 8.68. The highest BCUT2D eigenvalue weighted by Gasteiger charge is 2.28. The van der Waals surface area contributed by atoms with E-state index in [0.717, 1.165) is 10.8 Å². The standard InChI is InChI=1S/C8H6ClF3OS2/c9-6-2-1-5(15-14)3-7(6)13-4-8(10,11)12/h1-3,14H,4H2. The van der Waals surface area contributed by atoms with E-state index in [-0.39, 0.29) is 10.8 Å². The molecule has 0 radical (unpaired) electrons. The molecule has 15 heavy (non-hydrogen) atoms. The van der Waals surface area contributed by atoms with Crippen LogP contribution in [0.15, 0.2) is 23.1 Å². The number of hydrogen-bond acceptors (Lipinski definition) is 3. The topological polar surface area (TPSA) is 9.23 Å². The van der Waals surface area contributed by atoms with Crippen LogP contribution in [0.25, 0.3) is 0 Å². The molecule has 0 amide bonds. The summed E-state index contributed by atoms with van der Waals surface area (Å²) >= 11 is 9.57. The zero-order chi connectivity index (χ0) is 11.5. The van der Waals surface area contributed by atoms with Gasteiger partial charge < -0.3 is 4.74 Å². The molecule has 1 aromatic carbocycles. The summed E-state index contributed by atoms with van der Waals surface area (Å²) in [6, 6.07) is 4.51. The van der Waals surface area contributed by atoms with Crippen molar-refractivity contribution in [1.82, 2.24) is 0 Å². The predicted octanol–water partition coefficient (Wildman–Crippen LogP) is 4.22. The fourth-order valence-electron chi connectivity index (χ4n) is 0.811. The number of hydrogen-bond donors (Lipinski definition) is 1. The fourth-order valence-corrected chi connectivity index (χ4v) is 1.61. The molecule has 0 unspecified atom stereocenters. The first-order valence-electron chi connectivity index (χ1n) is 3.73. The highest BCUT2D eigenvalue weighted by atomic mass is 35.5. The third-order valence-electron chi connectivity index (χ3n) is 1.40.